The summed E-state index contributed by atoms with van der Waals surface area (Å²) in [4.78, 5) is 46.4. The predicted molar refractivity (Wildman–Crippen MR) is 112 cm³/mol. The number of rotatable bonds is 3. The molecule has 2 heterocycles. The summed E-state index contributed by atoms with van der Waals surface area (Å²) in [5, 5.41) is 4.98. The molecular weight excluding hydrogens is 380 g/mol. The van der Waals surface area contributed by atoms with Gasteiger partial charge >= 0.3 is 0 Å². The zero-order valence-electron chi connectivity index (χ0n) is 15.6. The molecule has 7 nitrogen and oxygen atoms in total. The number of nitrogens with zero attached hydrogens (tertiary/aromatic N) is 3. The van der Waals surface area contributed by atoms with Gasteiger partial charge in [-0.25, -0.2) is 14.9 Å². The summed E-state index contributed by atoms with van der Waals surface area (Å²) in [7, 11) is 0. The number of benzene rings is 3. The molecule has 5 rings (SSSR count). The first kappa shape index (κ1) is 17.7. The fourth-order valence-corrected chi connectivity index (χ4v) is 3.44. The van der Waals surface area contributed by atoms with Gasteiger partial charge in [0.25, 0.3) is 17.7 Å². The Morgan fingerprint density at radius 1 is 0.867 bits per heavy atom. The van der Waals surface area contributed by atoms with E-state index in [1.807, 2.05) is 42.5 Å². The van der Waals surface area contributed by atoms with Crippen LogP contribution < -0.4 is 10.2 Å². The molecule has 0 fully saturated rings. The minimum absolute atomic E-state index is 0.0770. The second kappa shape index (κ2) is 6.89. The maximum Gasteiger partial charge on any atom is 0.284 e. The lowest BCUT2D eigenvalue weighted by Crippen LogP contribution is -2.29. The Labute approximate surface area is 171 Å². The molecule has 0 saturated heterocycles. The summed E-state index contributed by atoms with van der Waals surface area (Å²) in [6, 6.07) is 19.8. The molecule has 144 valence electrons. The molecule has 1 N–H and O–H groups in total. The molecule has 1 aromatic heterocycles. The van der Waals surface area contributed by atoms with Gasteiger partial charge in [0.05, 0.1) is 11.3 Å². The van der Waals surface area contributed by atoms with Crippen molar-refractivity contribution in [1.29, 1.82) is 0 Å². The molecule has 0 unspecified atom stereocenters. The van der Waals surface area contributed by atoms with Gasteiger partial charge in [0.2, 0.25) is 0 Å². The molecule has 3 amide bonds. The van der Waals surface area contributed by atoms with Crippen LogP contribution in [0.5, 0.6) is 0 Å². The molecule has 0 spiro atoms. The van der Waals surface area contributed by atoms with Crippen molar-refractivity contribution in [1.82, 2.24) is 9.97 Å². The Hall–Kier alpha value is -4.39. The fraction of sp³-hybridized carbons (Fsp3) is 0. The first-order chi connectivity index (χ1) is 14.6. The quantitative estimate of drug-likeness (QED) is 0.535. The van der Waals surface area contributed by atoms with E-state index >= 15 is 0 Å². The van der Waals surface area contributed by atoms with Gasteiger partial charge in [-0.05, 0) is 47.2 Å². The highest BCUT2D eigenvalue weighted by Crippen LogP contribution is 2.27. The van der Waals surface area contributed by atoms with Crippen molar-refractivity contribution < 1.29 is 14.4 Å². The van der Waals surface area contributed by atoms with Gasteiger partial charge in [0.15, 0.2) is 0 Å². The van der Waals surface area contributed by atoms with Crippen LogP contribution >= 0.6 is 0 Å². The monoisotopic (exact) mass is 394 g/mol. The van der Waals surface area contributed by atoms with Crippen LogP contribution in [0.4, 0.5) is 11.4 Å². The van der Waals surface area contributed by atoms with Gasteiger partial charge in [-0.3, -0.25) is 14.4 Å². The van der Waals surface area contributed by atoms with E-state index in [-0.39, 0.29) is 17.2 Å². The lowest BCUT2D eigenvalue weighted by atomic mass is 10.1. The number of anilines is 2. The largest absolute Gasteiger partial charge is 0.322 e. The Morgan fingerprint density at radius 3 is 2.40 bits per heavy atom. The van der Waals surface area contributed by atoms with Crippen LogP contribution in [-0.4, -0.2) is 27.7 Å². The Balaban J connectivity index is 1.36. The van der Waals surface area contributed by atoms with E-state index < -0.39 is 11.8 Å². The highest BCUT2D eigenvalue weighted by Gasteiger charge is 2.38. The molecular formula is C23H14N4O3. The lowest BCUT2D eigenvalue weighted by Gasteiger charge is -2.14. The van der Waals surface area contributed by atoms with Gasteiger partial charge < -0.3 is 5.32 Å². The van der Waals surface area contributed by atoms with Crippen molar-refractivity contribution in [2.75, 3.05) is 10.2 Å². The van der Waals surface area contributed by atoms with Crippen molar-refractivity contribution >= 4 is 39.9 Å². The molecule has 4 aromatic rings. The topological polar surface area (TPSA) is 92.3 Å². The van der Waals surface area contributed by atoms with Crippen LogP contribution in [0, 0.1) is 0 Å². The van der Waals surface area contributed by atoms with Crippen molar-refractivity contribution in [3.8, 4) is 0 Å². The molecule has 3 aromatic carbocycles. The molecule has 0 saturated carbocycles. The van der Waals surface area contributed by atoms with E-state index in [2.05, 4.69) is 15.3 Å². The number of hydrogen-bond donors (Lipinski definition) is 1. The van der Waals surface area contributed by atoms with E-state index in [1.54, 1.807) is 24.3 Å². The van der Waals surface area contributed by atoms with Crippen LogP contribution in [0.1, 0.15) is 31.2 Å². The van der Waals surface area contributed by atoms with E-state index in [9.17, 15) is 14.4 Å². The number of aromatic nitrogens is 2. The van der Waals surface area contributed by atoms with E-state index in [1.165, 1.54) is 12.5 Å². The molecule has 1 aliphatic heterocycles. The standard InChI is InChI=1S/C23H14N4O3/c28-21(26-17-8-5-14-3-1-2-4-16(14)11-17)15-6-9-18(10-7-15)27-22(29)19-12-24-13-25-20(19)23(27)30/h1-13H,(H,26,28). The van der Waals surface area contributed by atoms with Crippen molar-refractivity contribution in [3.05, 3.63) is 96.1 Å². The molecule has 0 aliphatic carbocycles. The smallest absolute Gasteiger partial charge is 0.284 e. The average Bonchev–Trinajstić information content (AvgIpc) is 3.04. The predicted octanol–water partition coefficient (Wildman–Crippen LogP) is 3.68. The van der Waals surface area contributed by atoms with Gasteiger partial charge in [-0.2, -0.15) is 0 Å². The first-order valence-electron chi connectivity index (χ1n) is 9.21. The summed E-state index contributed by atoms with van der Waals surface area (Å²) in [6.45, 7) is 0. The molecule has 30 heavy (non-hydrogen) atoms. The van der Waals surface area contributed by atoms with Gasteiger partial charge in [-0.15, -0.1) is 0 Å². The Bertz CT molecular complexity index is 1300. The molecule has 0 radical (unpaired) electrons. The zero-order chi connectivity index (χ0) is 20.7. The molecule has 0 bridgehead atoms. The summed E-state index contributed by atoms with van der Waals surface area (Å²) in [5.41, 5.74) is 1.70. The first-order valence-corrected chi connectivity index (χ1v) is 9.21. The minimum atomic E-state index is -0.509. The normalized spacial score (nSPS) is 12.9. The number of carbonyl (C=O) groups excluding carboxylic acids is 3. The summed E-state index contributed by atoms with van der Waals surface area (Å²) < 4.78 is 0. The summed E-state index contributed by atoms with van der Waals surface area (Å²) in [5.74, 6) is -1.28. The molecule has 7 heteroatoms. The maximum atomic E-state index is 12.6. The number of amides is 3. The SMILES string of the molecule is O=C(Nc1ccc2ccccc2c1)c1ccc(N2C(=O)c3cncnc3C2=O)cc1. The summed E-state index contributed by atoms with van der Waals surface area (Å²) >= 11 is 0. The number of imide groups is 1. The van der Waals surface area contributed by atoms with E-state index in [0.29, 0.717) is 16.9 Å². The second-order valence-electron chi connectivity index (χ2n) is 6.79. The third kappa shape index (κ3) is 2.89. The van der Waals surface area contributed by atoms with Crippen LogP contribution in [0.2, 0.25) is 0 Å². The molecule has 1 aliphatic rings. The van der Waals surface area contributed by atoms with E-state index in [0.717, 1.165) is 15.7 Å². The van der Waals surface area contributed by atoms with E-state index in [4.69, 9.17) is 0 Å². The second-order valence-corrected chi connectivity index (χ2v) is 6.79. The minimum Gasteiger partial charge on any atom is -0.322 e. The van der Waals surface area contributed by atoms with Crippen molar-refractivity contribution in [3.63, 3.8) is 0 Å². The Kier molecular flexibility index (Phi) is 4.07. The van der Waals surface area contributed by atoms with Crippen LogP contribution in [-0.2, 0) is 0 Å². The van der Waals surface area contributed by atoms with Gasteiger partial charge in [-0.1, -0.05) is 30.3 Å². The Morgan fingerprint density at radius 2 is 1.63 bits per heavy atom. The highest BCUT2D eigenvalue weighted by molar-refractivity contribution is 6.33. The highest BCUT2D eigenvalue weighted by atomic mass is 16.2. The van der Waals surface area contributed by atoms with Crippen molar-refractivity contribution in [2.24, 2.45) is 0 Å². The average molecular weight is 394 g/mol. The molecule has 0 atom stereocenters. The summed E-state index contributed by atoms with van der Waals surface area (Å²) in [6.07, 6.45) is 2.56. The third-order valence-electron chi connectivity index (χ3n) is 4.95. The van der Waals surface area contributed by atoms with Crippen LogP contribution in [0.3, 0.4) is 0 Å². The van der Waals surface area contributed by atoms with Crippen molar-refractivity contribution in [2.45, 2.75) is 0 Å². The third-order valence-corrected chi connectivity index (χ3v) is 4.95. The van der Waals surface area contributed by atoms with Crippen LogP contribution in [0.15, 0.2) is 79.3 Å². The fourth-order valence-electron chi connectivity index (χ4n) is 3.44. The number of nitrogens with one attached hydrogen (secondary N) is 1. The number of fused-ring (bicyclic) bond motifs is 2. The lowest BCUT2D eigenvalue weighted by molar-refractivity contribution is 0.0924. The number of hydrogen-bond acceptors (Lipinski definition) is 5. The van der Waals surface area contributed by atoms with Gasteiger partial charge in [0, 0.05) is 17.4 Å². The van der Waals surface area contributed by atoms with Gasteiger partial charge in [0.1, 0.15) is 12.0 Å². The number of carbonyl (C=O) groups is 3. The zero-order valence-corrected chi connectivity index (χ0v) is 15.6. The van der Waals surface area contributed by atoms with Crippen LogP contribution in [0.25, 0.3) is 10.8 Å². The maximum absolute atomic E-state index is 12.6.